The lowest BCUT2D eigenvalue weighted by Crippen LogP contribution is -2.56. The summed E-state index contributed by atoms with van der Waals surface area (Å²) in [4.78, 5) is 11.4. The third-order valence-electron chi connectivity index (χ3n) is 2.24. The van der Waals surface area contributed by atoms with E-state index in [-0.39, 0.29) is 17.5 Å². The average molecular weight is 389 g/mol. The Kier molecular flexibility index (Phi) is 7.41. The van der Waals surface area contributed by atoms with Crippen LogP contribution >= 0.6 is 47.0 Å². The second-order valence-corrected chi connectivity index (χ2v) is 6.72. The lowest BCUT2D eigenvalue weighted by molar-refractivity contribution is 0.147. The second-order valence-electron chi connectivity index (χ2n) is 3.94. The summed E-state index contributed by atoms with van der Waals surface area (Å²) >= 11 is 22.4. The number of carbonyl (C=O) groups excluding carboxylic acids is 1. The highest BCUT2D eigenvalue weighted by Gasteiger charge is 2.35. The molecule has 0 saturated heterocycles. The Morgan fingerprint density at radius 2 is 1.91 bits per heavy atom. The number of hydrogen-bond acceptors (Lipinski definition) is 3. The Morgan fingerprint density at radius 3 is 2.41 bits per heavy atom. The van der Waals surface area contributed by atoms with Gasteiger partial charge in [0.05, 0.1) is 6.61 Å². The number of rotatable bonds is 4. The fourth-order valence-electron chi connectivity index (χ4n) is 1.32. The molecule has 0 radical (unpaired) electrons. The van der Waals surface area contributed by atoms with Crippen molar-refractivity contribution in [2.75, 3.05) is 11.9 Å². The normalized spacial score (nSPS) is 12.2. The SMILES string of the molecule is CCOC(=O)NC(NC(=S)Nc1ccc(F)cc1)C(Cl)(Cl)Cl. The maximum atomic E-state index is 12.8. The summed E-state index contributed by atoms with van der Waals surface area (Å²) in [5, 5.41) is 7.79. The van der Waals surface area contributed by atoms with Crippen LogP contribution in [0.1, 0.15) is 6.92 Å². The van der Waals surface area contributed by atoms with E-state index >= 15 is 0 Å². The van der Waals surface area contributed by atoms with Crippen LogP contribution in [-0.2, 0) is 4.74 Å². The van der Waals surface area contributed by atoms with Crippen molar-refractivity contribution in [1.82, 2.24) is 10.6 Å². The van der Waals surface area contributed by atoms with Crippen LogP contribution in [0, 0.1) is 5.82 Å². The van der Waals surface area contributed by atoms with Crippen LogP contribution in [0.4, 0.5) is 14.9 Å². The first-order chi connectivity index (χ1) is 10.2. The molecule has 10 heteroatoms. The predicted molar refractivity (Wildman–Crippen MR) is 90.0 cm³/mol. The Morgan fingerprint density at radius 1 is 1.32 bits per heavy atom. The van der Waals surface area contributed by atoms with Crippen molar-refractivity contribution in [3.63, 3.8) is 0 Å². The monoisotopic (exact) mass is 387 g/mol. The number of benzene rings is 1. The molecule has 5 nitrogen and oxygen atoms in total. The van der Waals surface area contributed by atoms with Gasteiger partial charge in [-0.15, -0.1) is 0 Å². The molecule has 1 atom stereocenters. The number of thiocarbonyl (C=S) groups is 1. The molecule has 1 unspecified atom stereocenters. The Bertz CT molecular complexity index is 525. The van der Waals surface area contributed by atoms with E-state index in [2.05, 4.69) is 16.0 Å². The standard InChI is InChI=1S/C12H13Cl3FN3O2S/c1-2-21-11(20)19-9(12(13,14)15)18-10(22)17-8-5-3-7(16)4-6-8/h3-6,9H,2H2,1H3,(H,19,20)(H2,17,18,22). The molecule has 0 aliphatic heterocycles. The molecular formula is C12H13Cl3FN3O2S. The highest BCUT2D eigenvalue weighted by molar-refractivity contribution is 7.80. The van der Waals surface area contributed by atoms with E-state index in [9.17, 15) is 9.18 Å². The van der Waals surface area contributed by atoms with Crippen molar-refractivity contribution >= 4 is 63.9 Å². The van der Waals surface area contributed by atoms with Crippen molar-refractivity contribution in [3.8, 4) is 0 Å². The number of anilines is 1. The lowest BCUT2D eigenvalue weighted by Gasteiger charge is -2.27. The van der Waals surface area contributed by atoms with Gasteiger partial charge in [0.25, 0.3) is 0 Å². The molecule has 0 fully saturated rings. The molecular weight excluding hydrogens is 376 g/mol. The molecule has 1 aromatic rings. The van der Waals surface area contributed by atoms with Crippen LogP contribution in [0.25, 0.3) is 0 Å². The molecule has 0 aliphatic carbocycles. The zero-order valence-electron chi connectivity index (χ0n) is 11.3. The zero-order valence-corrected chi connectivity index (χ0v) is 14.4. The van der Waals surface area contributed by atoms with Crippen LogP contribution in [0.15, 0.2) is 24.3 Å². The van der Waals surface area contributed by atoms with E-state index in [1.807, 2.05) is 0 Å². The van der Waals surface area contributed by atoms with E-state index in [0.717, 1.165) is 0 Å². The summed E-state index contributed by atoms with van der Waals surface area (Å²) in [6, 6.07) is 5.47. The highest BCUT2D eigenvalue weighted by atomic mass is 35.6. The number of alkyl carbamates (subject to hydrolysis) is 1. The molecule has 1 rings (SSSR count). The summed E-state index contributed by atoms with van der Waals surface area (Å²) in [6.07, 6.45) is -1.90. The summed E-state index contributed by atoms with van der Waals surface area (Å²) in [6.45, 7) is 1.80. The summed E-state index contributed by atoms with van der Waals surface area (Å²) in [7, 11) is 0. The van der Waals surface area contributed by atoms with Gasteiger partial charge in [-0.2, -0.15) is 0 Å². The summed E-state index contributed by atoms with van der Waals surface area (Å²) < 4.78 is 15.7. The first kappa shape index (κ1) is 19.0. The molecule has 0 heterocycles. The van der Waals surface area contributed by atoms with Gasteiger partial charge in [0.2, 0.25) is 3.79 Å². The van der Waals surface area contributed by atoms with Gasteiger partial charge in [0.15, 0.2) is 11.3 Å². The van der Waals surface area contributed by atoms with Crippen LogP contribution in [0.2, 0.25) is 0 Å². The van der Waals surface area contributed by atoms with Gasteiger partial charge in [0, 0.05) is 5.69 Å². The van der Waals surface area contributed by atoms with Gasteiger partial charge in [0.1, 0.15) is 5.82 Å². The quantitative estimate of drug-likeness (QED) is 0.418. The van der Waals surface area contributed by atoms with E-state index in [0.29, 0.717) is 5.69 Å². The minimum atomic E-state index is -1.87. The highest BCUT2D eigenvalue weighted by Crippen LogP contribution is 2.29. The van der Waals surface area contributed by atoms with Gasteiger partial charge < -0.3 is 15.4 Å². The van der Waals surface area contributed by atoms with E-state index in [4.69, 9.17) is 51.8 Å². The predicted octanol–water partition coefficient (Wildman–Crippen LogP) is 3.55. The van der Waals surface area contributed by atoms with Crippen molar-refractivity contribution in [2.45, 2.75) is 16.9 Å². The fourth-order valence-corrected chi connectivity index (χ4v) is 1.88. The first-order valence-electron chi connectivity index (χ1n) is 6.05. The van der Waals surface area contributed by atoms with Crippen molar-refractivity contribution < 1.29 is 13.9 Å². The summed E-state index contributed by atoms with van der Waals surface area (Å²) in [5.41, 5.74) is 0.526. The molecule has 0 spiro atoms. The number of amides is 1. The molecule has 0 aromatic heterocycles. The zero-order chi connectivity index (χ0) is 16.8. The van der Waals surface area contributed by atoms with Gasteiger partial charge in [-0.1, -0.05) is 34.8 Å². The number of halogens is 4. The van der Waals surface area contributed by atoms with E-state index < -0.39 is 16.1 Å². The van der Waals surface area contributed by atoms with Crippen LogP contribution < -0.4 is 16.0 Å². The number of nitrogens with one attached hydrogen (secondary N) is 3. The molecule has 0 saturated carbocycles. The van der Waals surface area contributed by atoms with Gasteiger partial charge >= 0.3 is 6.09 Å². The van der Waals surface area contributed by atoms with Crippen LogP contribution in [-0.4, -0.2) is 27.8 Å². The number of ether oxygens (including phenoxy) is 1. The Hall–Kier alpha value is -1.02. The van der Waals surface area contributed by atoms with Crippen LogP contribution in [0.3, 0.4) is 0 Å². The maximum Gasteiger partial charge on any atom is 0.408 e. The minimum Gasteiger partial charge on any atom is -0.450 e. The lowest BCUT2D eigenvalue weighted by atomic mass is 10.3. The number of alkyl halides is 3. The largest absolute Gasteiger partial charge is 0.450 e. The van der Waals surface area contributed by atoms with Gasteiger partial charge in [-0.25, -0.2) is 9.18 Å². The number of carbonyl (C=O) groups is 1. The third kappa shape index (κ3) is 6.83. The summed E-state index contributed by atoms with van der Waals surface area (Å²) in [5.74, 6) is -0.382. The smallest absolute Gasteiger partial charge is 0.408 e. The third-order valence-corrected chi connectivity index (χ3v) is 3.12. The average Bonchev–Trinajstić information content (AvgIpc) is 2.40. The maximum absolute atomic E-state index is 12.8. The van der Waals surface area contributed by atoms with Gasteiger partial charge in [-0.05, 0) is 43.4 Å². The Balaban J connectivity index is 2.66. The van der Waals surface area contributed by atoms with Crippen molar-refractivity contribution in [1.29, 1.82) is 0 Å². The Labute approximate surface area is 147 Å². The molecule has 22 heavy (non-hydrogen) atoms. The van der Waals surface area contributed by atoms with E-state index in [1.165, 1.54) is 24.3 Å². The molecule has 1 amide bonds. The molecule has 1 aromatic carbocycles. The van der Waals surface area contributed by atoms with Crippen LogP contribution in [0.5, 0.6) is 0 Å². The number of hydrogen-bond donors (Lipinski definition) is 3. The topological polar surface area (TPSA) is 62.4 Å². The van der Waals surface area contributed by atoms with E-state index in [1.54, 1.807) is 6.92 Å². The van der Waals surface area contributed by atoms with Crippen molar-refractivity contribution in [2.24, 2.45) is 0 Å². The molecule has 3 N–H and O–H groups in total. The second kappa shape index (κ2) is 8.57. The minimum absolute atomic E-state index is 0.0692. The van der Waals surface area contributed by atoms with Crippen molar-refractivity contribution in [3.05, 3.63) is 30.1 Å². The first-order valence-corrected chi connectivity index (χ1v) is 7.59. The fraction of sp³-hybridized carbons (Fsp3) is 0.333. The molecule has 0 bridgehead atoms. The van der Waals surface area contributed by atoms with Gasteiger partial charge in [-0.3, -0.25) is 5.32 Å². The molecule has 0 aliphatic rings. The molecule has 122 valence electrons.